The third-order valence-electron chi connectivity index (χ3n) is 1.49. The van der Waals surface area contributed by atoms with E-state index < -0.39 is 0 Å². The molecule has 0 aliphatic rings. The summed E-state index contributed by atoms with van der Waals surface area (Å²) in [4.78, 5) is 0.874. The van der Waals surface area contributed by atoms with Crippen molar-refractivity contribution < 1.29 is 9.50 Å². The van der Waals surface area contributed by atoms with E-state index in [0.29, 0.717) is 10.8 Å². The fourth-order valence-corrected chi connectivity index (χ4v) is 2.00. The van der Waals surface area contributed by atoms with Crippen molar-refractivity contribution in [2.45, 2.75) is 30.6 Å². The largest absolute Gasteiger partial charge is 0.392 e. The first kappa shape index (κ1) is 10.5. The molecule has 0 amide bonds. The fraction of sp³-hybridized carbons (Fsp3) is 0.400. The Morgan fingerprint density at radius 2 is 2.08 bits per heavy atom. The van der Waals surface area contributed by atoms with Crippen LogP contribution >= 0.6 is 11.8 Å². The summed E-state index contributed by atoms with van der Waals surface area (Å²) in [7, 11) is 0. The van der Waals surface area contributed by atoms with Crippen LogP contribution < -0.4 is 0 Å². The predicted molar refractivity (Wildman–Crippen MR) is 53.3 cm³/mol. The molecule has 0 bridgehead atoms. The van der Waals surface area contributed by atoms with Gasteiger partial charge in [-0.25, -0.2) is 4.39 Å². The summed E-state index contributed by atoms with van der Waals surface area (Å²) < 4.78 is 12.9. The van der Waals surface area contributed by atoms with Gasteiger partial charge in [0.15, 0.2) is 0 Å². The van der Waals surface area contributed by atoms with E-state index in [1.165, 1.54) is 12.1 Å². The number of aliphatic hydroxyl groups is 1. The van der Waals surface area contributed by atoms with Crippen LogP contribution in [0.25, 0.3) is 0 Å². The molecule has 0 saturated carbocycles. The fourth-order valence-electron chi connectivity index (χ4n) is 1.05. The molecule has 1 N–H and O–H groups in total. The van der Waals surface area contributed by atoms with Crippen molar-refractivity contribution in [2.75, 3.05) is 0 Å². The first-order chi connectivity index (χ1) is 6.11. The molecule has 0 atom stereocenters. The number of hydrogen-bond acceptors (Lipinski definition) is 2. The molecule has 0 heterocycles. The van der Waals surface area contributed by atoms with Crippen molar-refractivity contribution >= 4 is 11.8 Å². The summed E-state index contributed by atoms with van der Waals surface area (Å²) >= 11 is 1.59. The number of aliphatic hydroxyl groups excluding tert-OH is 1. The Bertz CT molecular complexity index is 286. The molecule has 0 aliphatic carbocycles. The second-order valence-corrected chi connectivity index (χ2v) is 4.77. The zero-order chi connectivity index (χ0) is 9.84. The molecule has 3 heteroatoms. The topological polar surface area (TPSA) is 20.2 Å². The van der Waals surface area contributed by atoms with Gasteiger partial charge in [-0.2, -0.15) is 0 Å². The van der Waals surface area contributed by atoms with E-state index in [2.05, 4.69) is 0 Å². The Morgan fingerprint density at radius 1 is 1.38 bits per heavy atom. The summed E-state index contributed by atoms with van der Waals surface area (Å²) in [6.07, 6.45) is 0. The lowest BCUT2D eigenvalue weighted by atomic mass is 10.2. The van der Waals surface area contributed by atoms with Crippen LogP contribution in [0.3, 0.4) is 0 Å². The van der Waals surface area contributed by atoms with Gasteiger partial charge in [-0.1, -0.05) is 13.8 Å². The molecule has 72 valence electrons. The van der Waals surface area contributed by atoms with Crippen LogP contribution in [0.4, 0.5) is 4.39 Å². The van der Waals surface area contributed by atoms with Crippen LogP contribution in [-0.2, 0) is 6.61 Å². The van der Waals surface area contributed by atoms with Crippen LogP contribution in [0.5, 0.6) is 0 Å². The summed E-state index contributed by atoms with van der Waals surface area (Å²) in [5.74, 6) is -0.283. The highest BCUT2D eigenvalue weighted by Crippen LogP contribution is 2.24. The number of benzene rings is 1. The van der Waals surface area contributed by atoms with E-state index in [1.54, 1.807) is 11.8 Å². The lowest BCUT2D eigenvalue weighted by molar-refractivity contribution is 0.281. The van der Waals surface area contributed by atoms with Gasteiger partial charge in [0.1, 0.15) is 5.82 Å². The highest BCUT2D eigenvalue weighted by atomic mass is 32.2. The average molecular weight is 200 g/mol. The van der Waals surface area contributed by atoms with E-state index in [1.807, 2.05) is 19.9 Å². The molecule has 1 aromatic carbocycles. The van der Waals surface area contributed by atoms with E-state index in [9.17, 15) is 4.39 Å². The van der Waals surface area contributed by atoms with Gasteiger partial charge in [-0.15, -0.1) is 11.8 Å². The molecule has 0 aliphatic heterocycles. The lowest BCUT2D eigenvalue weighted by Gasteiger charge is -2.06. The van der Waals surface area contributed by atoms with Gasteiger partial charge in [-0.3, -0.25) is 0 Å². The molecule has 0 unspecified atom stereocenters. The van der Waals surface area contributed by atoms with E-state index in [-0.39, 0.29) is 12.4 Å². The molecule has 13 heavy (non-hydrogen) atoms. The zero-order valence-corrected chi connectivity index (χ0v) is 8.57. The van der Waals surface area contributed by atoms with Crippen LogP contribution in [0.1, 0.15) is 19.4 Å². The summed E-state index contributed by atoms with van der Waals surface area (Å²) in [5, 5.41) is 9.27. The standard InChI is InChI=1S/C10H13FOS/c1-7(2)13-10-4-8(6-12)3-9(11)5-10/h3-5,7,12H,6H2,1-2H3. The molecule has 1 nitrogen and oxygen atoms in total. The first-order valence-electron chi connectivity index (χ1n) is 4.19. The summed E-state index contributed by atoms with van der Waals surface area (Å²) in [5.41, 5.74) is 0.628. The molecule has 0 fully saturated rings. The maximum absolute atomic E-state index is 12.9. The van der Waals surface area contributed by atoms with E-state index in [0.717, 1.165) is 4.90 Å². The smallest absolute Gasteiger partial charge is 0.124 e. The molecule has 0 radical (unpaired) electrons. The molecular formula is C10H13FOS. The average Bonchev–Trinajstić information content (AvgIpc) is 2.01. The van der Waals surface area contributed by atoms with Crippen molar-refractivity contribution in [1.29, 1.82) is 0 Å². The summed E-state index contributed by atoms with van der Waals surface area (Å²) in [6.45, 7) is 3.99. The Labute approximate surface area is 82.0 Å². The normalized spacial score (nSPS) is 10.8. The van der Waals surface area contributed by atoms with Crippen molar-refractivity contribution in [2.24, 2.45) is 0 Å². The van der Waals surface area contributed by atoms with Crippen molar-refractivity contribution in [3.8, 4) is 0 Å². The van der Waals surface area contributed by atoms with Crippen molar-refractivity contribution in [3.63, 3.8) is 0 Å². The maximum atomic E-state index is 12.9. The second-order valence-electron chi connectivity index (χ2n) is 3.12. The molecule has 0 saturated heterocycles. The van der Waals surface area contributed by atoms with Gasteiger partial charge >= 0.3 is 0 Å². The van der Waals surface area contributed by atoms with Gasteiger partial charge in [0, 0.05) is 10.1 Å². The van der Waals surface area contributed by atoms with Gasteiger partial charge < -0.3 is 5.11 Å². The molecular weight excluding hydrogens is 187 g/mol. The Hall–Kier alpha value is -0.540. The van der Waals surface area contributed by atoms with Crippen molar-refractivity contribution in [1.82, 2.24) is 0 Å². The lowest BCUT2D eigenvalue weighted by Crippen LogP contribution is -1.90. The highest BCUT2D eigenvalue weighted by Gasteiger charge is 2.02. The Balaban J connectivity index is 2.88. The first-order valence-corrected chi connectivity index (χ1v) is 5.06. The minimum atomic E-state index is -0.283. The number of thioether (sulfide) groups is 1. The van der Waals surface area contributed by atoms with Crippen LogP contribution in [0.2, 0.25) is 0 Å². The Morgan fingerprint density at radius 3 is 2.62 bits per heavy atom. The monoisotopic (exact) mass is 200 g/mol. The quantitative estimate of drug-likeness (QED) is 0.757. The van der Waals surface area contributed by atoms with Gasteiger partial charge in [0.2, 0.25) is 0 Å². The molecule has 1 aromatic rings. The molecule has 1 rings (SSSR count). The predicted octanol–water partition coefficient (Wildman–Crippen LogP) is 2.82. The van der Waals surface area contributed by atoms with Gasteiger partial charge in [0.25, 0.3) is 0 Å². The van der Waals surface area contributed by atoms with Crippen LogP contribution in [-0.4, -0.2) is 10.4 Å². The molecule has 0 aromatic heterocycles. The van der Waals surface area contributed by atoms with Crippen LogP contribution in [0, 0.1) is 5.82 Å². The number of halogens is 1. The summed E-state index contributed by atoms with van der Waals surface area (Å²) in [6, 6.07) is 4.65. The van der Waals surface area contributed by atoms with E-state index >= 15 is 0 Å². The minimum Gasteiger partial charge on any atom is -0.392 e. The SMILES string of the molecule is CC(C)Sc1cc(F)cc(CO)c1. The number of hydrogen-bond donors (Lipinski definition) is 1. The minimum absolute atomic E-state index is 0.108. The van der Waals surface area contributed by atoms with Crippen LogP contribution in [0.15, 0.2) is 23.1 Å². The molecule has 0 spiro atoms. The highest BCUT2D eigenvalue weighted by molar-refractivity contribution is 7.99. The van der Waals surface area contributed by atoms with Crippen molar-refractivity contribution in [3.05, 3.63) is 29.6 Å². The van der Waals surface area contributed by atoms with Gasteiger partial charge in [-0.05, 0) is 23.8 Å². The third-order valence-corrected chi connectivity index (χ3v) is 2.46. The second kappa shape index (κ2) is 4.63. The third kappa shape index (κ3) is 3.36. The number of rotatable bonds is 3. The maximum Gasteiger partial charge on any atom is 0.124 e. The Kier molecular flexibility index (Phi) is 3.75. The van der Waals surface area contributed by atoms with Gasteiger partial charge in [0.05, 0.1) is 6.61 Å². The van der Waals surface area contributed by atoms with E-state index in [4.69, 9.17) is 5.11 Å². The zero-order valence-electron chi connectivity index (χ0n) is 7.75.